The Kier molecular flexibility index (Phi) is 3.99. The monoisotopic (exact) mass is 281 g/mol. The number of aryl methyl sites for hydroxylation is 1. The van der Waals surface area contributed by atoms with Crippen LogP contribution in [0.2, 0.25) is 0 Å². The minimum Gasteiger partial charge on any atom is -0.338 e. The molecule has 0 atom stereocenters. The Hall–Kier alpha value is -2.02. The van der Waals surface area contributed by atoms with Crippen LogP contribution in [0.15, 0.2) is 12.1 Å². The molecule has 20 heavy (non-hydrogen) atoms. The first-order valence-electron chi connectivity index (χ1n) is 6.39. The van der Waals surface area contributed by atoms with Crippen molar-refractivity contribution in [2.75, 3.05) is 13.1 Å². The number of carbonyl (C=O) groups excluding carboxylic acids is 1. The van der Waals surface area contributed by atoms with Crippen molar-refractivity contribution in [2.45, 2.75) is 25.8 Å². The van der Waals surface area contributed by atoms with E-state index in [0.29, 0.717) is 25.9 Å². The predicted octanol–water partition coefficient (Wildman–Crippen LogP) is 1.61. The number of nitro benzene ring substituents is 1. The molecule has 2 rings (SSSR count). The van der Waals surface area contributed by atoms with Crippen LogP contribution in [0.25, 0.3) is 0 Å². The Morgan fingerprint density at radius 2 is 2.05 bits per heavy atom. The zero-order valence-electron chi connectivity index (χ0n) is 11.1. The smallest absolute Gasteiger partial charge is 0.270 e. The summed E-state index contributed by atoms with van der Waals surface area (Å²) in [7, 11) is 0. The first-order valence-corrected chi connectivity index (χ1v) is 6.39. The van der Waals surface area contributed by atoms with Gasteiger partial charge in [0.1, 0.15) is 5.82 Å². The maximum atomic E-state index is 14.0. The number of hydrogen-bond donors (Lipinski definition) is 1. The standard InChI is InChI=1S/C13H16FN3O3/c1-8-6-10(17(19)20)7-11(12(8)14)13(18)16-4-2-9(15)3-5-16/h6-7,9H,2-5,15H2,1H3. The van der Waals surface area contributed by atoms with Gasteiger partial charge in [-0.25, -0.2) is 4.39 Å². The van der Waals surface area contributed by atoms with Gasteiger partial charge in [-0.2, -0.15) is 0 Å². The Balaban J connectivity index is 2.31. The number of non-ortho nitro benzene ring substituents is 1. The summed E-state index contributed by atoms with van der Waals surface area (Å²) in [5.74, 6) is -1.21. The summed E-state index contributed by atoms with van der Waals surface area (Å²) in [5.41, 5.74) is 5.33. The van der Waals surface area contributed by atoms with E-state index in [4.69, 9.17) is 5.73 Å². The highest BCUT2D eigenvalue weighted by Crippen LogP contribution is 2.23. The van der Waals surface area contributed by atoms with Crippen molar-refractivity contribution in [3.8, 4) is 0 Å². The van der Waals surface area contributed by atoms with Crippen molar-refractivity contribution in [3.63, 3.8) is 0 Å². The summed E-state index contributed by atoms with van der Waals surface area (Å²) in [5, 5.41) is 10.8. The van der Waals surface area contributed by atoms with E-state index < -0.39 is 16.6 Å². The SMILES string of the molecule is Cc1cc([N+](=O)[O-])cc(C(=O)N2CCC(N)CC2)c1F. The second kappa shape index (κ2) is 5.54. The Morgan fingerprint density at radius 1 is 1.45 bits per heavy atom. The molecule has 0 aromatic heterocycles. The number of carbonyl (C=O) groups is 1. The molecule has 0 aliphatic carbocycles. The summed E-state index contributed by atoms with van der Waals surface area (Å²) in [6.07, 6.45) is 1.31. The van der Waals surface area contributed by atoms with Crippen molar-refractivity contribution in [1.82, 2.24) is 4.90 Å². The van der Waals surface area contributed by atoms with E-state index in [1.165, 1.54) is 11.8 Å². The Morgan fingerprint density at radius 3 is 2.60 bits per heavy atom. The van der Waals surface area contributed by atoms with Crippen molar-refractivity contribution >= 4 is 11.6 Å². The minimum atomic E-state index is -0.699. The van der Waals surface area contributed by atoms with Gasteiger partial charge in [0.15, 0.2) is 0 Å². The van der Waals surface area contributed by atoms with E-state index in [9.17, 15) is 19.3 Å². The van der Waals surface area contributed by atoms with E-state index in [1.54, 1.807) is 0 Å². The molecule has 1 fully saturated rings. The molecule has 0 spiro atoms. The summed E-state index contributed by atoms with van der Waals surface area (Å²) in [6.45, 7) is 2.30. The molecule has 108 valence electrons. The maximum absolute atomic E-state index is 14.0. The van der Waals surface area contributed by atoms with E-state index >= 15 is 0 Å². The first kappa shape index (κ1) is 14.4. The lowest BCUT2D eigenvalue weighted by Gasteiger charge is -2.30. The number of benzene rings is 1. The second-order valence-corrected chi connectivity index (χ2v) is 5.01. The van der Waals surface area contributed by atoms with E-state index in [-0.39, 0.29) is 22.9 Å². The van der Waals surface area contributed by atoms with E-state index in [1.807, 2.05) is 0 Å². The van der Waals surface area contributed by atoms with Gasteiger partial charge in [0.2, 0.25) is 0 Å². The molecular weight excluding hydrogens is 265 g/mol. The van der Waals surface area contributed by atoms with Gasteiger partial charge in [-0.05, 0) is 25.3 Å². The lowest BCUT2D eigenvalue weighted by molar-refractivity contribution is -0.385. The molecule has 0 saturated carbocycles. The quantitative estimate of drug-likeness (QED) is 0.658. The van der Waals surface area contributed by atoms with E-state index in [2.05, 4.69) is 0 Å². The first-order chi connectivity index (χ1) is 9.40. The second-order valence-electron chi connectivity index (χ2n) is 5.01. The number of rotatable bonds is 2. The topological polar surface area (TPSA) is 89.5 Å². The van der Waals surface area contributed by atoms with Crippen LogP contribution >= 0.6 is 0 Å². The van der Waals surface area contributed by atoms with Gasteiger partial charge in [0, 0.05) is 31.3 Å². The molecule has 1 aromatic rings. The van der Waals surface area contributed by atoms with Crippen molar-refractivity contribution < 1.29 is 14.1 Å². The number of hydrogen-bond acceptors (Lipinski definition) is 4. The van der Waals surface area contributed by atoms with Gasteiger partial charge in [0.25, 0.3) is 11.6 Å². The molecule has 1 heterocycles. The van der Waals surface area contributed by atoms with Crippen molar-refractivity contribution in [2.24, 2.45) is 5.73 Å². The summed E-state index contributed by atoms with van der Waals surface area (Å²) >= 11 is 0. The number of nitrogens with zero attached hydrogens (tertiary/aromatic N) is 2. The lowest BCUT2D eigenvalue weighted by Crippen LogP contribution is -2.43. The number of halogens is 1. The number of nitro groups is 1. The number of amides is 1. The summed E-state index contributed by atoms with van der Waals surface area (Å²) < 4.78 is 14.0. The van der Waals surface area contributed by atoms with Gasteiger partial charge in [-0.3, -0.25) is 14.9 Å². The minimum absolute atomic E-state index is 0.0516. The molecule has 1 aromatic carbocycles. The predicted molar refractivity (Wildman–Crippen MR) is 70.9 cm³/mol. The average molecular weight is 281 g/mol. The fourth-order valence-corrected chi connectivity index (χ4v) is 2.28. The third-order valence-corrected chi connectivity index (χ3v) is 3.51. The van der Waals surface area contributed by atoms with Crippen molar-refractivity contribution in [1.29, 1.82) is 0 Å². The fourth-order valence-electron chi connectivity index (χ4n) is 2.28. The van der Waals surface area contributed by atoms with Crippen LogP contribution in [0.4, 0.5) is 10.1 Å². The summed E-state index contributed by atoms with van der Waals surface area (Å²) in [4.78, 5) is 23.9. The van der Waals surface area contributed by atoms with Gasteiger partial charge < -0.3 is 10.6 Å². The summed E-state index contributed by atoms with van der Waals surface area (Å²) in [6, 6.07) is 2.17. The lowest BCUT2D eigenvalue weighted by atomic mass is 10.0. The molecule has 6 nitrogen and oxygen atoms in total. The zero-order valence-corrected chi connectivity index (χ0v) is 11.1. The largest absolute Gasteiger partial charge is 0.338 e. The highest BCUT2D eigenvalue weighted by molar-refractivity contribution is 5.95. The van der Waals surface area contributed by atoms with Gasteiger partial charge in [-0.1, -0.05) is 0 Å². The molecule has 1 saturated heterocycles. The molecule has 0 bridgehead atoms. The molecule has 0 radical (unpaired) electrons. The van der Waals surface area contributed by atoms with Crippen LogP contribution in [-0.2, 0) is 0 Å². The number of piperidine rings is 1. The highest BCUT2D eigenvalue weighted by atomic mass is 19.1. The Labute approximate surface area is 115 Å². The number of likely N-dealkylation sites (tertiary alicyclic amines) is 1. The van der Waals surface area contributed by atoms with Gasteiger partial charge in [0.05, 0.1) is 10.5 Å². The average Bonchev–Trinajstić information content (AvgIpc) is 2.41. The third-order valence-electron chi connectivity index (χ3n) is 3.51. The van der Waals surface area contributed by atoms with Crippen LogP contribution in [0, 0.1) is 22.9 Å². The van der Waals surface area contributed by atoms with Gasteiger partial charge >= 0.3 is 0 Å². The van der Waals surface area contributed by atoms with Crippen molar-refractivity contribution in [3.05, 3.63) is 39.2 Å². The maximum Gasteiger partial charge on any atom is 0.270 e. The molecule has 1 amide bonds. The fraction of sp³-hybridized carbons (Fsp3) is 0.462. The molecule has 7 heteroatoms. The molecule has 1 aliphatic rings. The molecule has 2 N–H and O–H groups in total. The Bertz CT molecular complexity index is 554. The third kappa shape index (κ3) is 2.77. The van der Waals surface area contributed by atoms with E-state index in [0.717, 1.165) is 12.1 Å². The normalized spacial score (nSPS) is 16.2. The molecular formula is C13H16FN3O3. The molecule has 0 unspecified atom stereocenters. The van der Waals surface area contributed by atoms with Crippen LogP contribution < -0.4 is 5.73 Å². The van der Waals surface area contributed by atoms with Crippen LogP contribution in [-0.4, -0.2) is 34.9 Å². The van der Waals surface area contributed by atoms with Crippen LogP contribution in [0.1, 0.15) is 28.8 Å². The molecule has 1 aliphatic heterocycles. The van der Waals surface area contributed by atoms with Crippen LogP contribution in [0.3, 0.4) is 0 Å². The van der Waals surface area contributed by atoms with Gasteiger partial charge in [-0.15, -0.1) is 0 Å². The van der Waals surface area contributed by atoms with Crippen LogP contribution in [0.5, 0.6) is 0 Å². The highest BCUT2D eigenvalue weighted by Gasteiger charge is 2.26. The number of nitrogens with two attached hydrogens (primary N) is 1. The zero-order chi connectivity index (χ0) is 14.9.